The highest BCUT2D eigenvalue weighted by Crippen LogP contribution is 2.43. The topological polar surface area (TPSA) is 57.6 Å². The highest BCUT2D eigenvalue weighted by atomic mass is 79.9. The van der Waals surface area contributed by atoms with Gasteiger partial charge in [-0.3, -0.25) is 4.79 Å². The van der Waals surface area contributed by atoms with Gasteiger partial charge in [0.25, 0.3) is 0 Å². The Morgan fingerprint density at radius 2 is 2.19 bits per heavy atom. The number of thiophene rings is 1. The largest absolute Gasteiger partial charge is 0.480 e. The Labute approximate surface area is 136 Å². The van der Waals surface area contributed by atoms with Crippen LogP contribution in [-0.4, -0.2) is 34.5 Å². The van der Waals surface area contributed by atoms with Crippen molar-refractivity contribution in [3.05, 3.63) is 20.8 Å². The lowest BCUT2D eigenvalue weighted by molar-refractivity contribution is -0.150. The number of halogens is 1. The number of fused-ring (bicyclic) bond motifs is 1. The first-order chi connectivity index (χ1) is 9.99. The molecule has 1 N–H and O–H groups in total. The van der Waals surface area contributed by atoms with Crippen LogP contribution in [0.25, 0.3) is 0 Å². The molecule has 0 aromatic carbocycles. The molecule has 1 aromatic heterocycles. The third-order valence-electron chi connectivity index (χ3n) is 4.82. The first kappa shape index (κ1) is 15.0. The van der Waals surface area contributed by atoms with Crippen molar-refractivity contribution in [3.63, 3.8) is 0 Å². The van der Waals surface area contributed by atoms with Gasteiger partial charge in [0.1, 0.15) is 6.04 Å². The molecule has 1 saturated carbocycles. The van der Waals surface area contributed by atoms with E-state index in [1.54, 1.807) is 4.90 Å². The van der Waals surface area contributed by atoms with E-state index in [1.165, 1.54) is 11.3 Å². The van der Waals surface area contributed by atoms with Gasteiger partial charge < -0.3 is 10.0 Å². The van der Waals surface area contributed by atoms with Crippen LogP contribution in [0.3, 0.4) is 0 Å². The van der Waals surface area contributed by atoms with Crippen molar-refractivity contribution in [2.24, 2.45) is 11.8 Å². The molecule has 6 heteroatoms. The number of carbonyl (C=O) groups is 2. The Morgan fingerprint density at radius 3 is 2.81 bits per heavy atom. The molecule has 0 radical (unpaired) electrons. The van der Waals surface area contributed by atoms with Crippen molar-refractivity contribution < 1.29 is 14.7 Å². The van der Waals surface area contributed by atoms with E-state index >= 15 is 0 Å². The number of carbonyl (C=O) groups excluding carboxylic acids is 1. The lowest BCUT2D eigenvalue weighted by atomic mass is 9.94. The lowest BCUT2D eigenvalue weighted by Gasteiger charge is -2.26. The van der Waals surface area contributed by atoms with Crippen LogP contribution in [0.2, 0.25) is 0 Å². The summed E-state index contributed by atoms with van der Waals surface area (Å²) in [6, 6.07) is 3.23. The maximum absolute atomic E-state index is 12.8. The van der Waals surface area contributed by atoms with Crippen LogP contribution in [0.1, 0.15) is 37.0 Å². The molecule has 114 valence electrons. The average Bonchev–Trinajstić information content (AvgIpc) is 3.10. The van der Waals surface area contributed by atoms with Gasteiger partial charge in [-0.25, -0.2) is 4.79 Å². The van der Waals surface area contributed by atoms with Crippen molar-refractivity contribution in [3.8, 4) is 0 Å². The molecule has 4 atom stereocenters. The summed E-state index contributed by atoms with van der Waals surface area (Å²) in [5.41, 5.74) is 0. The molecule has 2 fully saturated rings. The van der Waals surface area contributed by atoms with Crippen LogP contribution in [0.15, 0.2) is 15.9 Å². The molecular formula is C15H18BrNO3S. The van der Waals surface area contributed by atoms with Crippen molar-refractivity contribution in [2.75, 3.05) is 6.54 Å². The molecule has 2 heterocycles. The van der Waals surface area contributed by atoms with Crippen LogP contribution >= 0.6 is 27.3 Å². The summed E-state index contributed by atoms with van der Waals surface area (Å²) in [7, 11) is 0. The van der Waals surface area contributed by atoms with Crippen LogP contribution in [0.4, 0.5) is 0 Å². The highest BCUT2D eigenvalue weighted by Gasteiger charge is 2.50. The standard InChI is InChI=1S/C15H18BrNO3S/c1-8(11-5-6-12(16)21-11)14(18)17-7-9-3-2-4-10(9)13(17)15(19)20/h5-6,8-10,13H,2-4,7H2,1H3,(H,19,20). The Hall–Kier alpha value is -0.880. The van der Waals surface area contributed by atoms with Crippen LogP contribution in [0, 0.1) is 11.8 Å². The molecular weight excluding hydrogens is 354 g/mol. The fourth-order valence-corrected chi connectivity index (χ4v) is 5.25. The second-order valence-corrected chi connectivity index (χ2v) is 8.49. The maximum atomic E-state index is 12.8. The Kier molecular flexibility index (Phi) is 4.10. The number of carboxylic acid groups (broad SMARTS) is 1. The summed E-state index contributed by atoms with van der Waals surface area (Å²) in [5, 5.41) is 9.54. The number of nitrogens with zero attached hydrogens (tertiary/aromatic N) is 1. The number of carboxylic acids is 1. The molecule has 4 nitrogen and oxygen atoms in total. The Bertz CT molecular complexity index is 573. The van der Waals surface area contributed by atoms with Crippen molar-refractivity contribution >= 4 is 39.1 Å². The van der Waals surface area contributed by atoms with Gasteiger partial charge in [0, 0.05) is 11.4 Å². The molecule has 4 unspecified atom stereocenters. The van der Waals surface area contributed by atoms with E-state index in [-0.39, 0.29) is 17.7 Å². The average molecular weight is 372 g/mol. The van der Waals surface area contributed by atoms with Crippen LogP contribution < -0.4 is 0 Å². The van der Waals surface area contributed by atoms with Gasteiger partial charge in [-0.2, -0.15) is 0 Å². The van der Waals surface area contributed by atoms with Gasteiger partial charge in [0.05, 0.1) is 9.70 Å². The lowest BCUT2D eigenvalue weighted by Crippen LogP contribution is -2.44. The summed E-state index contributed by atoms with van der Waals surface area (Å²) in [5.74, 6) is -0.656. The molecule has 1 aliphatic heterocycles. The first-order valence-corrected chi connectivity index (χ1v) is 8.88. The normalized spacial score (nSPS) is 29.4. The van der Waals surface area contributed by atoms with Crippen LogP contribution in [-0.2, 0) is 9.59 Å². The molecule has 1 saturated heterocycles. The van der Waals surface area contributed by atoms with Gasteiger partial charge in [-0.05, 0) is 59.7 Å². The van der Waals surface area contributed by atoms with Crippen molar-refractivity contribution in [2.45, 2.75) is 38.1 Å². The van der Waals surface area contributed by atoms with Gasteiger partial charge in [-0.15, -0.1) is 11.3 Å². The summed E-state index contributed by atoms with van der Waals surface area (Å²) in [6.07, 6.45) is 3.08. The van der Waals surface area contributed by atoms with E-state index in [4.69, 9.17) is 0 Å². The zero-order valence-electron chi connectivity index (χ0n) is 11.8. The number of hydrogen-bond acceptors (Lipinski definition) is 3. The highest BCUT2D eigenvalue weighted by molar-refractivity contribution is 9.11. The molecule has 21 heavy (non-hydrogen) atoms. The zero-order chi connectivity index (χ0) is 15.1. The van der Waals surface area contributed by atoms with E-state index in [9.17, 15) is 14.7 Å². The molecule has 0 bridgehead atoms. The smallest absolute Gasteiger partial charge is 0.326 e. The number of amides is 1. The molecule has 1 aliphatic carbocycles. The van der Waals surface area contributed by atoms with Gasteiger partial charge in [0.15, 0.2) is 0 Å². The molecule has 0 spiro atoms. The zero-order valence-corrected chi connectivity index (χ0v) is 14.2. The number of aliphatic carboxylic acids is 1. The van der Waals surface area contributed by atoms with Crippen molar-refractivity contribution in [1.82, 2.24) is 4.90 Å². The number of hydrogen-bond donors (Lipinski definition) is 1. The Balaban J connectivity index is 1.81. The summed E-state index contributed by atoms with van der Waals surface area (Å²) >= 11 is 4.94. The minimum Gasteiger partial charge on any atom is -0.480 e. The fraction of sp³-hybridized carbons (Fsp3) is 0.600. The predicted molar refractivity (Wildman–Crippen MR) is 84.4 cm³/mol. The SMILES string of the molecule is CC(C(=O)N1CC2CCCC2C1C(=O)O)c1ccc(Br)s1. The van der Waals surface area contributed by atoms with Gasteiger partial charge in [-0.1, -0.05) is 6.42 Å². The summed E-state index contributed by atoms with van der Waals surface area (Å²) in [4.78, 5) is 27.0. The second kappa shape index (κ2) is 5.72. The third kappa shape index (κ3) is 2.63. The van der Waals surface area contributed by atoms with Gasteiger partial charge in [0.2, 0.25) is 5.91 Å². The van der Waals surface area contributed by atoms with E-state index in [0.29, 0.717) is 12.5 Å². The number of likely N-dealkylation sites (tertiary alicyclic amines) is 1. The van der Waals surface area contributed by atoms with E-state index in [2.05, 4.69) is 15.9 Å². The second-order valence-electron chi connectivity index (χ2n) is 5.99. The summed E-state index contributed by atoms with van der Waals surface area (Å²) in [6.45, 7) is 2.48. The number of rotatable bonds is 3. The molecule has 3 rings (SSSR count). The Morgan fingerprint density at radius 1 is 1.43 bits per heavy atom. The van der Waals surface area contributed by atoms with Gasteiger partial charge >= 0.3 is 5.97 Å². The third-order valence-corrected chi connectivity index (χ3v) is 6.62. The maximum Gasteiger partial charge on any atom is 0.326 e. The van der Waals surface area contributed by atoms with E-state index in [0.717, 1.165) is 27.9 Å². The molecule has 1 amide bonds. The first-order valence-electron chi connectivity index (χ1n) is 7.27. The molecule has 1 aromatic rings. The monoisotopic (exact) mass is 371 g/mol. The molecule has 2 aliphatic rings. The van der Waals surface area contributed by atoms with Crippen molar-refractivity contribution in [1.29, 1.82) is 0 Å². The quantitative estimate of drug-likeness (QED) is 0.886. The van der Waals surface area contributed by atoms with Crippen LogP contribution in [0.5, 0.6) is 0 Å². The minimum absolute atomic E-state index is 0.0499. The predicted octanol–water partition coefficient (Wildman–Crippen LogP) is 3.33. The summed E-state index contributed by atoms with van der Waals surface area (Å²) < 4.78 is 0.991. The van der Waals surface area contributed by atoms with E-state index < -0.39 is 12.0 Å². The van der Waals surface area contributed by atoms with E-state index in [1.807, 2.05) is 19.1 Å². The fourth-order valence-electron chi connectivity index (χ4n) is 3.78. The minimum atomic E-state index is -0.850.